The van der Waals surface area contributed by atoms with Crippen molar-refractivity contribution < 1.29 is 4.74 Å². The number of H-pyrrole nitrogens is 1. The van der Waals surface area contributed by atoms with Gasteiger partial charge in [-0.25, -0.2) is 9.78 Å². The van der Waals surface area contributed by atoms with Crippen molar-refractivity contribution in [2.24, 2.45) is 0 Å². The summed E-state index contributed by atoms with van der Waals surface area (Å²) in [7, 11) is 1.61. The Morgan fingerprint density at radius 1 is 1.52 bits per heavy atom. The lowest BCUT2D eigenvalue weighted by Crippen LogP contribution is -2.19. The van der Waals surface area contributed by atoms with Gasteiger partial charge in [0.1, 0.15) is 17.4 Å². The van der Waals surface area contributed by atoms with Crippen LogP contribution in [0.3, 0.4) is 0 Å². The summed E-state index contributed by atoms with van der Waals surface area (Å²) >= 11 is 4.80. The lowest BCUT2D eigenvalue weighted by Gasteiger charge is -2.06. The Morgan fingerprint density at radius 3 is 3.04 bits per heavy atom. The molecular formula is C14H10BrN5O2S. The minimum absolute atomic E-state index is 0.259. The van der Waals surface area contributed by atoms with E-state index in [1.807, 2.05) is 24.3 Å². The summed E-state index contributed by atoms with van der Waals surface area (Å²) in [5, 5.41) is 13.3. The van der Waals surface area contributed by atoms with Crippen LogP contribution in [0.5, 0.6) is 5.75 Å². The topological polar surface area (TPSA) is 96.1 Å². The molecule has 2 heterocycles. The number of thioether (sulfide) groups is 1. The number of fused-ring (bicyclic) bond motifs is 1. The second kappa shape index (κ2) is 6.44. The van der Waals surface area contributed by atoms with Crippen LogP contribution in [-0.4, -0.2) is 26.7 Å². The highest BCUT2D eigenvalue weighted by Crippen LogP contribution is 2.28. The van der Waals surface area contributed by atoms with Gasteiger partial charge in [-0.1, -0.05) is 17.8 Å². The van der Waals surface area contributed by atoms with E-state index in [2.05, 4.69) is 31.0 Å². The van der Waals surface area contributed by atoms with Crippen LogP contribution in [0.1, 0.15) is 11.1 Å². The fourth-order valence-electron chi connectivity index (χ4n) is 1.97. The van der Waals surface area contributed by atoms with E-state index in [1.54, 1.807) is 7.11 Å². The fourth-order valence-corrected chi connectivity index (χ4v) is 3.35. The first kappa shape index (κ1) is 15.6. The largest absolute Gasteiger partial charge is 0.496 e. The Bertz CT molecular complexity index is 975. The molecule has 7 nitrogen and oxygen atoms in total. The maximum atomic E-state index is 11.9. The third kappa shape index (κ3) is 3.09. The molecule has 0 radical (unpaired) electrons. The Hall–Kier alpha value is -2.31. The highest BCUT2D eigenvalue weighted by molar-refractivity contribution is 9.10. The van der Waals surface area contributed by atoms with Crippen LogP contribution in [0.15, 0.2) is 38.8 Å². The van der Waals surface area contributed by atoms with Gasteiger partial charge in [0.2, 0.25) is 0 Å². The summed E-state index contributed by atoms with van der Waals surface area (Å²) < 4.78 is 7.12. The zero-order chi connectivity index (χ0) is 16.4. The number of methoxy groups -OCH3 is 1. The second-order valence-electron chi connectivity index (χ2n) is 4.51. The predicted octanol–water partition coefficient (Wildman–Crippen LogP) is 2.35. The molecule has 2 aromatic heterocycles. The van der Waals surface area contributed by atoms with E-state index >= 15 is 0 Å². The summed E-state index contributed by atoms with van der Waals surface area (Å²) in [5.41, 5.74) is 1.15. The Morgan fingerprint density at radius 2 is 2.35 bits per heavy atom. The molecule has 0 aliphatic rings. The molecule has 0 unspecified atom stereocenters. The number of nitrogens with zero attached hydrogens (tertiary/aromatic N) is 4. The monoisotopic (exact) mass is 391 g/mol. The van der Waals surface area contributed by atoms with E-state index in [9.17, 15) is 4.79 Å². The van der Waals surface area contributed by atoms with Crippen LogP contribution in [-0.2, 0) is 5.75 Å². The zero-order valence-electron chi connectivity index (χ0n) is 11.9. The van der Waals surface area contributed by atoms with E-state index < -0.39 is 5.69 Å². The van der Waals surface area contributed by atoms with Crippen molar-refractivity contribution in [1.82, 2.24) is 19.6 Å². The minimum atomic E-state index is -0.421. The van der Waals surface area contributed by atoms with E-state index in [4.69, 9.17) is 10.00 Å². The molecule has 0 fully saturated rings. The third-order valence-corrected chi connectivity index (χ3v) is 4.63. The molecule has 0 spiro atoms. The van der Waals surface area contributed by atoms with Gasteiger partial charge in [0, 0.05) is 5.75 Å². The van der Waals surface area contributed by atoms with Crippen molar-refractivity contribution in [2.75, 3.05) is 7.11 Å². The molecule has 0 saturated heterocycles. The number of nitrogens with one attached hydrogen (secondary N) is 1. The van der Waals surface area contributed by atoms with Crippen LogP contribution in [0.2, 0.25) is 0 Å². The number of hydrogen-bond acceptors (Lipinski definition) is 6. The predicted molar refractivity (Wildman–Crippen MR) is 88.6 cm³/mol. The normalized spacial score (nSPS) is 10.7. The smallest absolute Gasteiger partial charge is 0.350 e. The van der Waals surface area contributed by atoms with Crippen molar-refractivity contribution >= 4 is 33.3 Å². The highest BCUT2D eigenvalue weighted by Gasteiger charge is 2.10. The molecular weight excluding hydrogens is 382 g/mol. The molecule has 9 heteroatoms. The van der Waals surface area contributed by atoms with Crippen LogP contribution >= 0.6 is 27.7 Å². The average Bonchev–Trinajstić information content (AvgIpc) is 2.96. The maximum absolute atomic E-state index is 11.9. The second-order valence-corrected chi connectivity index (χ2v) is 6.33. The van der Waals surface area contributed by atoms with Gasteiger partial charge in [0.05, 0.1) is 17.8 Å². The van der Waals surface area contributed by atoms with Crippen LogP contribution < -0.4 is 10.4 Å². The highest BCUT2D eigenvalue weighted by atomic mass is 79.9. The van der Waals surface area contributed by atoms with E-state index in [1.165, 1.54) is 18.0 Å². The number of ether oxygens (including phenoxy) is 1. The summed E-state index contributed by atoms with van der Waals surface area (Å²) in [4.78, 5) is 18.9. The average molecular weight is 392 g/mol. The van der Waals surface area contributed by atoms with Gasteiger partial charge in [-0.2, -0.15) is 14.9 Å². The molecule has 0 aliphatic carbocycles. The Balaban J connectivity index is 1.86. The number of benzene rings is 1. The summed E-state index contributed by atoms with van der Waals surface area (Å²) in [6.45, 7) is 0. The van der Waals surface area contributed by atoms with Crippen molar-refractivity contribution in [1.29, 1.82) is 5.26 Å². The number of rotatable bonds is 4. The third-order valence-electron chi connectivity index (χ3n) is 3.07. The van der Waals surface area contributed by atoms with E-state index in [0.29, 0.717) is 10.9 Å². The SMILES string of the molecule is COc1ccc(CSc2nc3c(C#N)cnn3c(=O)[nH]2)cc1Br. The Kier molecular flexibility index (Phi) is 4.36. The van der Waals surface area contributed by atoms with E-state index in [0.717, 1.165) is 20.3 Å². The lowest BCUT2D eigenvalue weighted by molar-refractivity contribution is 0.412. The molecule has 3 aromatic rings. The Labute approximate surface area is 143 Å². The lowest BCUT2D eigenvalue weighted by atomic mass is 10.2. The molecule has 1 aromatic carbocycles. The molecule has 0 bridgehead atoms. The summed E-state index contributed by atoms with van der Waals surface area (Å²) in [6.07, 6.45) is 1.33. The quantitative estimate of drug-likeness (QED) is 0.685. The van der Waals surface area contributed by atoms with Gasteiger partial charge in [0.15, 0.2) is 10.8 Å². The van der Waals surface area contributed by atoms with Gasteiger partial charge in [0.25, 0.3) is 0 Å². The number of aromatic nitrogens is 4. The van der Waals surface area contributed by atoms with Gasteiger partial charge >= 0.3 is 5.69 Å². The van der Waals surface area contributed by atoms with Gasteiger partial charge in [-0.05, 0) is 33.6 Å². The molecule has 0 aliphatic heterocycles. The molecule has 0 saturated carbocycles. The summed E-state index contributed by atoms with van der Waals surface area (Å²) in [6, 6.07) is 7.72. The molecule has 0 amide bonds. The van der Waals surface area contributed by atoms with Gasteiger partial charge < -0.3 is 4.74 Å². The zero-order valence-corrected chi connectivity index (χ0v) is 14.3. The minimum Gasteiger partial charge on any atom is -0.496 e. The van der Waals surface area contributed by atoms with E-state index in [-0.39, 0.29) is 11.2 Å². The van der Waals surface area contributed by atoms with Crippen LogP contribution in [0, 0.1) is 11.3 Å². The van der Waals surface area contributed by atoms with Crippen molar-refractivity contribution in [2.45, 2.75) is 10.9 Å². The van der Waals surface area contributed by atoms with Crippen molar-refractivity contribution in [3.63, 3.8) is 0 Å². The molecule has 23 heavy (non-hydrogen) atoms. The maximum Gasteiger partial charge on any atom is 0.350 e. The molecule has 1 N–H and O–H groups in total. The number of aromatic amines is 1. The molecule has 116 valence electrons. The first-order chi connectivity index (χ1) is 11.1. The number of hydrogen-bond donors (Lipinski definition) is 1. The van der Waals surface area contributed by atoms with Crippen LogP contribution in [0.4, 0.5) is 0 Å². The standard InChI is InChI=1S/C14H10BrN5O2S/c1-22-11-3-2-8(4-10(11)15)7-23-13-18-12-9(5-16)6-17-20(12)14(21)19-13/h2-4,6H,7H2,1H3,(H,18,19,21). The summed E-state index contributed by atoms with van der Waals surface area (Å²) in [5.74, 6) is 1.36. The van der Waals surface area contributed by atoms with Gasteiger partial charge in [-0.15, -0.1) is 0 Å². The molecule has 0 atom stereocenters. The van der Waals surface area contributed by atoms with Crippen LogP contribution in [0.25, 0.3) is 5.65 Å². The van der Waals surface area contributed by atoms with Gasteiger partial charge in [-0.3, -0.25) is 4.98 Å². The fraction of sp³-hybridized carbons (Fsp3) is 0.143. The first-order valence-corrected chi connectivity index (χ1v) is 8.23. The first-order valence-electron chi connectivity index (χ1n) is 6.45. The molecule has 3 rings (SSSR count). The van der Waals surface area contributed by atoms with Crippen molar-refractivity contribution in [3.8, 4) is 11.8 Å². The van der Waals surface area contributed by atoms with Crippen molar-refractivity contribution in [3.05, 3.63) is 50.5 Å². The number of halogens is 1. The number of nitriles is 1.